The zero-order valence-electron chi connectivity index (χ0n) is 5.27. The number of hydrogen-bond donors (Lipinski definition) is 4. The highest BCUT2D eigenvalue weighted by Gasteiger charge is 2.21. The van der Waals surface area contributed by atoms with Crippen molar-refractivity contribution in [3.63, 3.8) is 0 Å². The minimum absolute atomic E-state index is 0.701. The molecule has 0 amide bonds. The van der Waals surface area contributed by atoms with Crippen molar-refractivity contribution >= 4 is 5.78 Å². The van der Waals surface area contributed by atoms with E-state index in [2.05, 4.69) is 0 Å². The van der Waals surface area contributed by atoms with Crippen molar-refractivity contribution in [2.45, 2.75) is 12.2 Å². The van der Waals surface area contributed by atoms with Crippen molar-refractivity contribution < 1.29 is 25.2 Å². The van der Waals surface area contributed by atoms with E-state index in [1.54, 1.807) is 0 Å². The van der Waals surface area contributed by atoms with E-state index in [4.69, 9.17) is 20.4 Å². The number of hydrogen-bond acceptors (Lipinski definition) is 5. The van der Waals surface area contributed by atoms with Crippen LogP contribution in [0.3, 0.4) is 0 Å². The zero-order valence-corrected chi connectivity index (χ0v) is 5.27. The van der Waals surface area contributed by atoms with Gasteiger partial charge in [0, 0.05) is 0 Å². The quantitative estimate of drug-likeness (QED) is 0.348. The first-order chi connectivity index (χ1) is 4.63. The predicted octanol–water partition coefficient (Wildman–Crippen LogP) is -2.74. The highest BCUT2D eigenvalue weighted by atomic mass is 16.4. The molecule has 0 aliphatic rings. The number of aliphatic hydroxyl groups is 4. The molecule has 0 aliphatic carbocycles. The molecular weight excluding hydrogens is 140 g/mol. The Bertz CT molecular complexity index is 113. The molecule has 0 aliphatic heterocycles. The second-order valence-corrected chi connectivity index (χ2v) is 1.82. The molecule has 5 heteroatoms. The fourth-order valence-corrected chi connectivity index (χ4v) is 0.408. The highest BCUT2D eigenvalue weighted by molar-refractivity contribution is 5.84. The summed E-state index contributed by atoms with van der Waals surface area (Å²) in [6.07, 6.45) is -3.19. The molecule has 0 spiro atoms. The molecule has 4 N–H and O–H groups in total. The Morgan fingerprint density at radius 1 is 1.30 bits per heavy atom. The Kier molecular flexibility index (Phi) is 4.13. The number of rotatable bonds is 4. The van der Waals surface area contributed by atoms with E-state index >= 15 is 0 Å². The highest BCUT2D eigenvalue weighted by Crippen LogP contribution is 1.92. The van der Waals surface area contributed by atoms with Gasteiger partial charge in [0.2, 0.25) is 0 Å². The lowest BCUT2D eigenvalue weighted by Gasteiger charge is -2.11. The van der Waals surface area contributed by atoms with E-state index in [0.29, 0.717) is 0 Å². The van der Waals surface area contributed by atoms with Gasteiger partial charge in [0.25, 0.3) is 0 Å². The van der Waals surface area contributed by atoms with Crippen molar-refractivity contribution in [3.8, 4) is 0 Å². The van der Waals surface area contributed by atoms with E-state index in [-0.39, 0.29) is 0 Å². The monoisotopic (exact) mass is 150 g/mol. The first kappa shape index (κ1) is 9.51. The summed E-state index contributed by atoms with van der Waals surface area (Å²) >= 11 is 0. The number of carbonyl (C=O) groups is 1. The molecule has 0 aromatic rings. The predicted molar refractivity (Wildman–Crippen MR) is 31.2 cm³/mol. The first-order valence-electron chi connectivity index (χ1n) is 2.74. The second kappa shape index (κ2) is 4.35. The Labute approximate surface area is 57.5 Å². The van der Waals surface area contributed by atoms with Gasteiger partial charge < -0.3 is 20.4 Å². The van der Waals surface area contributed by atoms with E-state index in [9.17, 15) is 4.79 Å². The number of Topliss-reactive ketones (excluding diaryl/α,β-unsaturated/α-hetero) is 1. The standard InChI is InChI=1S/C5H10O5/c6-1-3(8)5(10)4(9)2-7/h3,5-8,10H,1-2H2/t3-,5-/m0/s1. The van der Waals surface area contributed by atoms with E-state index in [1.165, 1.54) is 0 Å². The van der Waals surface area contributed by atoms with Crippen molar-refractivity contribution in [3.05, 3.63) is 0 Å². The van der Waals surface area contributed by atoms with Crippen LogP contribution in [0.4, 0.5) is 0 Å². The fourth-order valence-electron chi connectivity index (χ4n) is 0.408. The summed E-state index contributed by atoms with van der Waals surface area (Å²) in [5.74, 6) is -0.901. The minimum Gasteiger partial charge on any atom is -0.394 e. The lowest BCUT2D eigenvalue weighted by Crippen LogP contribution is -2.37. The lowest BCUT2D eigenvalue weighted by molar-refractivity contribution is -0.137. The fraction of sp³-hybridized carbons (Fsp3) is 0.800. The molecule has 0 radical (unpaired) electrons. The van der Waals surface area contributed by atoms with Crippen LogP contribution in [0.15, 0.2) is 0 Å². The summed E-state index contributed by atoms with van der Waals surface area (Å²) in [6.45, 7) is -1.54. The van der Waals surface area contributed by atoms with Gasteiger partial charge in [-0.1, -0.05) is 0 Å². The van der Waals surface area contributed by atoms with Crippen molar-refractivity contribution in [2.24, 2.45) is 0 Å². The maximum atomic E-state index is 10.3. The first-order valence-corrected chi connectivity index (χ1v) is 2.74. The topological polar surface area (TPSA) is 98.0 Å². The molecule has 10 heavy (non-hydrogen) atoms. The summed E-state index contributed by atoms with van der Waals surface area (Å²) in [6, 6.07) is 0. The molecule has 0 saturated heterocycles. The lowest BCUT2D eigenvalue weighted by atomic mass is 10.1. The average molecular weight is 150 g/mol. The van der Waals surface area contributed by atoms with Gasteiger partial charge in [0.15, 0.2) is 5.78 Å². The van der Waals surface area contributed by atoms with Crippen LogP contribution in [0.2, 0.25) is 0 Å². The minimum atomic E-state index is -1.69. The van der Waals surface area contributed by atoms with Gasteiger partial charge in [-0.05, 0) is 0 Å². The number of aliphatic hydroxyl groups excluding tert-OH is 4. The molecule has 2 atom stereocenters. The summed E-state index contributed by atoms with van der Waals surface area (Å²) in [5.41, 5.74) is 0. The third-order valence-electron chi connectivity index (χ3n) is 1.04. The van der Waals surface area contributed by atoms with Gasteiger partial charge in [-0.2, -0.15) is 0 Å². The molecule has 0 unspecified atom stereocenters. The van der Waals surface area contributed by atoms with Crippen LogP contribution in [0.25, 0.3) is 0 Å². The van der Waals surface area contributed by atoms with Gasteiger partial charge in [-0.3, -0.25) is 4.79 Å². The molecule has 0 rings (SSSR count). The SMILES string of the molecule is O=C(CO)[C@@H](O)[C@@H](O)CO. The van der Waals surface area contributed by atoms with Crippen LogP contribution < -0.4 is 0 Å². The molecular formula is C5H10O5. The van der Waals surface area contributed by atoms with Crippen LogP contribution in [0.1, 0.15) is 0 Å². The molecule has 60 valence electrons. The molecule has 0 aromatic carbocycles. The van der Waals surface area contributed by atoms with Gasteiger partial charge in [0.1, 0.15) is 18.8 Å². The molecule has 0 aromatic heterocycles. The maximum Gasteiger partial charge on any atom is 0.189 e. The van der Waals surface area contributed by atoms with Gasteiger partial charge >= 0.3 is 0 Å². The molecule has 0 fully saturated rings. The number of ketones is 1. The van der Waals surface area contributed by atoms with Crippen LogP contribution >= 0.6 is 0 Å². The average Bonchev–Trinajstić information content (AvgIpc) is 2.00. The van der Waals surface area contributed by atoms with Crippen molar-refractivity contribution in [2.75, 3.05) is 13.2 Å². The Balaban J connectivity index is 3.81. The molecule has 0 heterocycles. The van der Waals surface area contributed by atoms with Gasteiger partial charge in [-0.15, -0.1) is 0 Å². The van der Waals surface area contributed by atoms with E-state index in [1.807, 2.05) is 0 Å². The smallest absolute Gasteiger partial charge is 0.189 e. The Morgan fingerprint density at radius 3 is 2.10 bits per heavy atom. The summed E-state index contributed by atoms with van der Waals surface area (Å²) in [5, 5.41) is 33.6. The van der Waals surface area contributed by atoms with Crippen LogP contribution in [0.5, 0.6) is 0 Å². The largest absolute Gasteiger partial charge is 0.394 e. The summed E-state index contributed by atoms with van der Waals surface area (Å²) in [7, 11) is 0. The Morgan fingerprint density at radius 2 is 1.80 bits per heavy atom. The van der Waals surface area contributed by atoms with Crippen molar-refractivity contribution in [1.29, 1.82) is 0 Å². The van der Waals surface area contributed by atoms with Gasteiger partial charge in [0.05, 0.1) is 6.61 Å². The summed E-state index contributed by atoms with van der Waals surface area (Å²) in [4.78, 5) is 10.3. The third-order valence-corrected chi connectivity index (χ3v) is 1.04. The molecule has 0 saturated carbocycles. The molecule has 0 bridgehead atoms. The number of carbonyl (C=O) groups excluding carboxylic acids is 1. The second-order valence-electron chi connectivity index (χ2n) is 1.82. The van der Waals surface area contributed by atoms with Gasteiger partial charge in [-0.25, -0.2) is 0 Å². The third kappa shape index (κ3) is 2.40. The van der Waals surface area contributed by atoms with Crippen LogP contribution in [-0.4, -0.2) is 51.6 Å². The molecule has 5 nitrogen and oxygen atoms in total. The maximum absolute atomic E-state index is 10.3. The normalized spacial score (nSPS) is 16.4. The zero-order chi connectivity index (χ0) is 8.15. The van der Waals surface area contributed by atoms with E-state index < -0.39 is 31.2 Å². The van der Waals surface area contributed by atoms with Crippen LogP contribution in [0, 0.1) is 0 Å². The van der Waals surface area contributed by atoms with Crippen LogP contribution in [-0.2, 0) is 4.79 Å². The van der Waals surface area contributed by atoms with Crippen molar-refractivity contribution in [1.82, 2.24) is 0 Å². The van der Waals surface area contributed by atoms with E-state index in [0.717, 1.165) is 0 Å². The Hall–Kier alpha value is -0.490. The summed E-state index contributed by atoms with van der Waals surface area (Å²) < 4.78 is 0.